The molecule has 0 atom stereocenters. The van der Waals surface area contributed by atoms with Crippen LogP contribution < -0.4 is 4.74 Å². The van der Waals surface area contributed by atoms with Gasteiger partial charge in [-0.3, -0.25) is 0 Å². The maximum atomic E-state index is 13.7. The maximum Gasteiger partial charge on any atom is 0.356 e. The number of rotatable bonds is 4. The number of alkyl halides is 2. The lowest BCUT2D eigenvalue weighted by Gasteiger charge is -2.22. The van der Waals surface area contributed by atoms with Crippen LogP contribution in [0.25, 0.3) is 0 Å². The lowest BCUT2D eigenvalue weighted by Crippen LogP contribution is -2.24. The molecule has 0 spiro atoms. The number of carboxylic acids is 1. The minimum atomic E-state index is -3.08. The molecule has 5 nitrogen and oxygen atoms in total. The van der Waals surface area contributed by atoms with Gasteiger partial charge in [0.1, 0.15) is 11.6 Å². The van der Waals surface area contributed by atoms with E-state index in [0.29, 0.717) is 0 Å². The first-order valence-corrected chi connectivity index (χ1v) is 7.11. The summed E-state index contributed by atoms with van der Waals surface area (Å²) in [4.78, 5) is 11.3. The summed E-state index contributed by atoms with van der Waals surface area (Å²) in [5.74, 6) is -2.77. The van der Waals surface area contributed by atoms with Crippen molar-refractivity contribution in [2.75, 3.05) is 0 Å². The topological polar surface area (TPSA) is 64.3 Å². The highest BCUT2D eigenvalue weighted by molar-refractivity contribution is 5.87. The molecule has 0 aliphatic rings. The molecule has 1 heterocycles. The number of hydrogen-bond donors (Lipinski definition) is 1. The second-order valence-electron chi connectivity index (χ2n) is 6.22. The molecule has 1 N–H and O–H groups in total. The summed E-state index contributed by atoms with van der Waals surface area (Å²) in [6.45, 7) is 6.70. The minimum Gasteiger partial charge on any atom is -0.476 e. The Hall–Kier alpha value is -2.51. The summed E-state index contributed by atoms with van der Waals surface area (Å²) >= 11 is 0. The van der Waals surface area contributed by atoms with E-state index < -0.39 is 29.3 Å². The third-order valence-corrected chi connectivity index (χ3v) is 3.34. The Morgan fingerprint density at radius 1 is 1.33 bits per heavy atom. The lowest BCUT2D eigenvalue weighted by molar-refractivity contribution is 0.0688. The second kappa shape index (κ2) is 6.18. The van der Waals surface area contributed by atoms with Crippen LogP contribution in [0.1, 0.15) is 48.8 Å². The number of nitrogens with zero attached hydrogens (tertiary/aromatic N) is 2. The van der Waals surface area contributed by atoms with Crippen LogP contribution in [0.2, 0.25) is 0 Å². The first-order chi connectivity index (χ1) is 11.0. The minimum absolute atomic E-state index is 0.0209. The van der Waals surface area contributed by atoms with E-state index in [-0.39, 0.29) is 22.9 Å². The van der Waals surface area contributed by atoms with Crippen LogP contribution in [-0.2, 0) is 5.54 Å². The number of carboxylic acid groups (broad SMARTS) is 1. The molecule has 2 rings (SSSR count). The predicted molar refractivity (Wildman–Crippen MR) is 80.4 cm³/mol. The van der Waals surface area contributed by atoms with Crippen molar-refractivity contribution in [3.63, 3.8) is 0 Å². The maximum absolute atomic E-state index is 13.7. The van der Waals surface area contributed by atoms with E-state index in [1.807, 2.05) is 0 Å². The standard InChI is InChI=1S/C16H17F3N2O3/c1-8-12(15(22)23)20-21(16(2,3)4)14(8)24-10-7-5-6-9(17)11(10)13(18)19/h5-7,13H,1-4H3,(H,22,23). The van der Waals surface area contributed by atoms with Gasteiger partial charge < -0.3 is 9.84 Å². The first-order valence-electron chi connectivity index (χ1n) is 7.11. The first kappa shape index (κ1) is 17.8. The molecule has 0 bridgehead atoms. The quantitative estimate of drug-likeness (QED) is 0.888. The van der Waals surface area contributed by atoms with E-state index in [0.717, 1.165) is 6.07 Å². The van der Waals surface area contributed by atoms with Crippen LogP contribution in [0.3, 0.4) is 0 Å². The summed E-state index contributed by atoms with van der Waals surface area (Å²) < 4.78 is 46.7. The fraction of sp³-hybridized carbons (Fsp3) is 0.375. The molecule has 1 aromatic heterocycles. The Morgan fingerprint density at radius 3 is 2.46 bits per heavy atom. The second-order valence-corrected chi connectivity index (χ2v) is 6.22. The zero-order valence-corrected chi connectivity index (χ0v) is 13.6. The van der Waals surface area contributed by atoms with Crippen molar-refractivity contribution in [1.82, 2.24) is 9.78 Å². The van der Waals surface area contributed by atoms with Gasteiger partial charge in [0, 0.05) is 5.56 Å². The summed E-state index contributed by atoms with van der Waals surface area (Å²) in [6.07, 6.45) is -3.08. The number of aromatic carboxylic acids is 1. The van der Waals surface area contributed by atoms with E-state index in [9.17, 15) is 23.1 Å². The Morgan fingerprint density at radius 2 is 1.96 bits per heavy atom. The predicted octanol–water partition coefficient (Wildman–Crippen LogP) is 4.51. The smallest absolute Gasteiger partial charge is 0.356 e. The Labute approximate surface area is 136 Å². The van der Waals surface area contributed by atoms with E-state index >= 15 is 0 Å². The van der Waals surface area contributed by atoms with Crippen LogP contribution in [-0.4, -0.2) is 20.9 Å². The molecule has 0 aliphatic heterocycles. The molecular formula is C16H17F3N2O3. The van der Waals surface area contributed by atoms with Crippen molar-refractivity contribution in [2.24, 2.45) is 0 Å². The number of ether oxygens (including phenoxy) is 1. The molecule has 0 saturated heterocycles. The van der Waals surface area contributed by atoms with Crippen molar-refractivity contribution in [2.45, 2.75) is 39.7 Å². The third-order valence-electron chi connectivity index (χ3n) is 3.34. The molecule has 0 saturated carbocycles. The summed E-state index contributed by atoms with van der Waals surface area (Å²) in [6, 6.07) is 3.34. The van der Waals surface area contributed by atoms with E-state index in [4.69, 9.17) is 4.74 Å². The highest BCUT2D eigenvalue weighted by atomic mass is 19.3. The Balaban J connectivity index is 2.63. The van der Waals surface area contributed by atoms with Gasteiger partial charge in [-0.1, -0.05) is 6.07 Å². The monoisotopic (exact) mass is 342 g/mol. The van der Waals surface area contributed by atoms with Gasteiger partial charge in [-0.15, -0.1) is 0 Å². The van der Waals surface area contributed by atoms with Gasteiger partial charge >= 0.3 is 5.97 Å². The third kappa shape index (κ3) is 3.22. The molecule has 0 fully saturated rings. The molecule has 0 aliphatic carbocycles. The molecule has 2 aromatic rings. The number of aromatic nitrogens is 2. The number of halogens is 3. The van der Waals surface area contributed by atoms with Crippen LogP contribution in [0, 0.1) is 12.7 Å². The molecule has 0 radical (unpaired) electrons. The van der Waals surface area contributed by atoms with E-state index in [2.05, 4.69) is 5.10 Å². The van der Waals surface area contributed by atoms with Crippen molar-refractivity contribution in [1.29, 1.82) is 0 Å². The fourth-order valence-corrected chi connectivity index (χ4v) is 2.18. The highest BCUT2D eigenvalue weighted by Gasteiger charge is 2.29. The number of carbonyl (C=O) groups is 1. The van der Waals surface area contributed by atoms with Gasteiger partial charge in [-0.25, -0.2) is 22.6 Å². The summed E-state index contributed by atoms with van der Waals surface area (Å²) in [7, 11) is 0. The van der Waals surface area contributed by atoms with E-state index in [1.165, 1.54) is 23.7 Å². The van der Waals surface area contributed by atoms with Crippen LogP contribution >= 0.6 is 0 Å². The average molecular weight is 342 g/mol. The van der Waals surface area contributed by atoms with Crippen molar-refractivity contribution in [3.8, 4) is 11.6 Å². The molecule has 130 valence electrons. The Kier molecular flexibility index (Phi) is 4.59. The molecule has 24 heavy (non-hydrogen) atoms. The number of benzene rings is 1. The normalized spacial score (nSPS) is 11.8. The average Bonchev–Trinajstić information content (AvgIpc) is 2.76. The van der Waals surface area contributed by atoms with Gasteiger partial charge in [-0.05, 0) is 39.8 Å². The molecular weight excluding hydrogens is 325 g/mol. The zero-order valence-electron chi connectivity index (χ0n) is 13.6. The van der Waals surface area contributed by atoms with Crippen molar-refractivity contribution in [3.05, 3.63) is 40.8 Å². The molecule has 8 heteroatoms. The van der Waals surface area contributed by atoms with Gasteiger partial charge in [0.2, 0.25) is 5.88 Å². The summed E-state index contributed by atoms with van der Waals surface area (Å²) in [5, 5.41) is 13.2. The van der Waals surface area contributed by atoms with Gasteiger partial charge in [0.25, 0.3) is 6.43 Å². The van der Waals surface area contributed by atoms with Crippen LogP contribution in [0.4, 0.5) is 13.2 Å². The van der Waals surface area contributed by atoms with E-state index in [1.54, 1.807) is 20.8 Å². The fourth-order valence-electron chi connectivity index (χ4n) is 2.18. The lowest BCUT2D eigenvalue weighted by atomic mass is 10.1. The Bertz CT molecular complexity index is 780. The van der Waals surface area contributed by atoms with Crippen LogP contribution in [0.15, 0.2) is 18.2 Å². The molecule has 1 aromatic carbocycles. The van der Waals surface area contributed by atoms with Gasteiger partial charge in [0.15, 0.2) is 5.69 Å². The largest absolute Gasteiger partial charge is 0.476 e. The molecule has 0 unspecified atom stereocenters. The van der Waals surface area contributed by atoms with Crippen molar-refractivity contribution >= 4 is 5.97 Å². The molecule has 0 amide bonds. The van der Waals surface area contributed by atoms with Crippen molar-refractivity contribution < 1.29 is 27.8 Å². The summed E-state index contributed by atoms with van der Waals surface area (Å²) in [5.41, 5.74) is -1.64. The highest BCUT2D eigenvalue weighted by Crippen LogP contribution is 2.37. The van der Waals surface area contributed by atoms with Gasteiger partial charge in [-0.2, -0.15) is 5.10 Å². The zero-order chi connectivity index (χ0) is 18.2. The van der Waals surface area contributed by atoms with Crippen LogP contribution in [0.5, 0.6) is 11.6 Å². The SMILES string of the molecule is Cc1c(C(=O)O)nn(C(C)(C)C)c1Oc1cccc(F)c1C(F)F. The van der Waals surface area contributed by atoms with Gasteiger partial charge in [0.05, 0.1) is 11.1 Å². The number of hydrogen-bond acceptors (Lipinski definition) is 3.